The number of likely N-dealkylation sites (tertiary alicyclic amines) is 1. The van der Waals surface area contributed by atoms with Crippen LogP contribution in [-0.2, 0) is 0 Å². The Morgan fingerprint density at radius 2 is 1.80 bits per heavy atom. The molecule has 1 aromatic carbocycles. The van der Waals surface area contributed by atoms with Crippen molar-refractivity contribution in [2.24, 2.45) is 0 Å². The summed E-state index contributed by atoms with van der Waals surface area (Å²) in [5.74, 6) is 1.58. The van der Waals surface area contributed by atoms with Gasteiger partial charge in [-0.15, -0.1) is 0 Å². The summed E-state index contributed by atoms with van der Waals surface area (Å²) < 4.78 is 10.7. The third kappa shape index (κ3) is 3.64. The Bertz CT molecular complexity index is 417. The highest BCUT2D eigenvalue weighted by atomic mass is 16.5. The number of benzene rings is 1. The quantitative estimate of drug-likeness (QED) is 0.866. The Labute approximate surface area is 122 Å². The topological polar surface area (TPSA) is 33.7 Å². The maximum Gasteiger partial charge on any atom is 0.161 e. The van der Waals surface area contributed by atoms with Crippen molar-refractivity contribution < 1.29 is 9.47 Å². The van der Waals surface area contributed by atoms with Crippen LogP contribution in [0.1, 0.15) is 30.9 Å². The van der Waals surface area contributed by atoms with Gasteiger partial charge in [-0.2, -0.15) is 0 Å². The van der Waals surface area contributed by atoms with Crippen molar-refractivity contribution in [2.45, 2.75) is 25.3 Å². The summed E-state index contributed by atoms with van der Waals surface area (Å²) in [5.41, 5.74) is 1.25. The number of piperidine rings is 1. The smallest absolute Gasteiger partial charge is 0.161 e. The zero-order valence-corrected chi connectivity index (χ0v) is 12.8. The van der Waals surface area contributed by atoms with Crippen LogP contribution in [0.25, 0.3) is 0 Å². The molecular weight excluding hydrogens is 252 g/mol. The first kappa shape index (κ1) is 15.1. The van der Waals surface area contributed by atoms with Gasteiger partial charge in [0.25, 0.3) is 0 Å². The van der Waals surface area contributed by atoms with Crippen LogP contribution in [0.4, 0.5) is 0 Å². The van der Waals surface area contributed by atoms with E-state index in [1.807, 2.05) is 13.1 Å². The molecule has 112 valence electrons. The lowest BCUT2D eigenvalue weighted by Crippen LogP contribution is -2.37. The summed E-state index contributed by atoms with van der Waals surface area (Å²) in [6, 6.07) is 6.50. The van der Waals surface area contributed by atoms with Gasteiger partial charge in [-0.1, -0.05) is 12.5 Å². The van der Waals surface area contributed by atoms with E-state index in [4.69, 9.17) is 9.47 Å². The van der Waals surface area contributed by atoms with Gasteiger partial charge in [0, 0.05) is 12.6 Å². The monoisotopic (exact) mass is 278 g/mol. The van der Waals surface area contributed by atoms with Crippen LogP contribution < -0.4 is 14.8 Å². The maximum atomic E-state index is 5.40. The minimum atomic E-state index is 0.327. The van der Waals surface area contributed by atoms with E-state index in [0.29, 0.717) is 6.04 Å². The maximum absolute atomic E-state index is 5.40. The molecule has 1 N–H and O–H groups in total. The summed E-state index contributed by atoms with van der Waals surface area (Å²) in [6.07, 6.45) is 4.02. The average Bonchev–Trinajstić information content (AvgIpc) is 2.53. The summed E-state index contributed by atoms with van der Waals surface area (Å²) in [5, 5.41) is 3.42. The molecule has 1 fully saturated rings. The summed E-state index contributed by atoms with van der Waals surface area (Å²) in [6.45, 7) is 3.48. The van der Waals surface area contributed by atoms with E-state index >= 15 is 0 Å². The van der Waals surface area contributed by atoms with E-state index in [1.165, 1.54) is 37.9 Å². The number of ether oxygens (including phenoxy) is 2. The molecule has 0 bridgehead atoms. The number of methoxy groups -OCH3 is 2. The largest absolute Gasteiger partial charge is 0.493 e. The molecule has 0 spiro atoms. The predicted molar refractivity (Wildman–Crippen MR) is 81.6 cm³/mol. The van der Waals surface area contributed by atoms with Crippen LogP contribution in [0.2, 0.25) is 0 Å². The van der Waals surface area contributed by atoms with Crippen molar-refractivity contribution in [1.29, 1.82) is 0 Å². The minimum Gasteiger partial charge on any atom is -0.493 e. The van der Waals surface area contributed by atoms with Crippen LogP contribution in [-0.4, -0.2) is 45.8 Å². The van der Waals surface area contributed by atoms with E-state index in [2.05, 4.69) is 22.3 Å². The van der Waals surface area contributed by atoms with Crippen molar-refractivity contribution in [1.82, 2.24) is 10.2 Å². The summed E-state index contributed by atoms with van der Waals surface area (Å²) in [4.78, 5) is 2.54. The highest BCUT2D eigenvalue weighted by Crippen LogP contribution is 2.30. The third-order valence-electron chi connectivity index (χ3n) is 4.05. The molecule has 1 unspecified atom stereocenters. The molecule has 4 heteroatoms. The number of hydrogen-bond donors (Lipinski definition) is 1. The molecule has 2 rings (SSSR count). The van der Waals surface area contributed by atoms with E-state index < -0.39 is 0 Å². The van der Waals surface area contributed by atoms with E-state index in [0.717, 1.165) is 18.0 Å². The first-order valence-corrected chi connectivity index (χ1v) is 7.40. The van der Waals surface area contributed by atoms with E-state index in [1.54, 1.807) is 14.2 Å². The summed E-state index contributed by atoms with van der Waals surface area (Å²) in [7, 11) is 5.37. The highest BCUT2D eigenvalue weighted by molar-refractivity contribution is 5.43. The second kappa shape index (κ2) is 7.50. The van der Waals surface area contributed by atoms with Crippen molar-refractivity contribution in [3.8, 4) is 11.5 Å². The molecule has 0 radical (unpaired) electrons. The first-order chi connectivity index (χ1) is 9.78. The second-order valence-corrected chi connectivity index (χ2v) is 5.32. The van der Waals surface area contributed by atoms with Crippen LogP contribution in [0.15, 0.2) is 18.2 Å². The number of hydrogen-bond acceptors (Lipinski definition) is 4. The lowest BCUT2D eigenvalue weighted by Gasteiger charge is -2.30. The molecule has 1 aromatic rings. The lowest BCUT2D eigenvalue weighted by molar-refractivity contribution is 0.208. The molecule has 0 saturated carbocycles. The fourth-order valence-corrected chi connectivity index (χ4v) is 2.83. The van der Waals surface area contributed by atoms with Gasteiger partial charge in [-0.05, 0) is 50.7 Å². The number of nitrogens with zero attached hydrogens (tertiary/aromatic N) is 1. The molecule has 0 amide bonds. The normalized spacial score (nSPS) is 17.8. The minimum absolute atomic E-state index is 0.327. The predicted octanol–water partition coefficient (Wildman–Crippen LogP) is 2.45. The van der Waals surface area contributed by atoms with Gasteiger partial charge < -0.3 is 19.7 Å². The van der Waals surface area contributed by atoms with Gasteiger partial charge in [0.05, 0.1) is 14.2 Å². The molecule has 0 aromatic heterocycles. The van der Waals surface area contributed by atoms with Gasteiger partial charge in [-0.3, -0.25) is 0 Å². The zero-order chi connectivity index (χ0) is 14.4. The van der Waals surface area contributed by atoms with Gasteiger partial charge in [0.15, 0.2) is 11.5 Å². The highest BCUT2D eigenvalue weighted by Gasteiger charge is 2.18. The van der Waals surface area contributed by atoms with Gasteiger partial charge in [0.2, 0.25) is 0 Å². The van der Waals surface area contributed by atoms with E-state index in [9.17, 15) is 0 Å². The SMILES string of the molecule is CNC(CN1CCCCC1)c1ccc(OC)c(OC)c1. The van der Waals surface area contributed by atoms with Crippen LogP contribution >= 0.6 is 0 Å². The molecule has 0 aliphatic carbocycles. The third-order valence-corrected chi connectivity index (χ3v) is 4.05. The van der Waals surface area contributed by atoms with Gasteiger partial charge in [-0.25, -0.2) is 0 Å². The molecule has 4 nitrogen and oxygen atoms in total. The Balaban J connectivity index is 2.09. The lowest BCUT2D eigenvalue weighted by atomic mass is 10.0. The second-order valence-electron chi connectivity index (χ2n) is 5.32. The number of likely N-dealkylation sites (N-methyl/N-ethyl adjacent to an activating group) is 1. The van der Waals surface area contributed by atoms with Crippen LogP contribution in [0.5, 0.6) is 11.5 Å². The summed E-state index contributed by atoms with van der Waals surface area (Å²) >= 11 is 0. The van der Waals surface area contributed by atoms with Crippen molar-refractivity contribution in [2.75, 3.05) is 40.9 Å². The standard InChI is InChI=1S/C16H26N2O2/c1-17-14(12-18-9-5-4-6-10-18)13-7-8-15(19-2)16(11-13)20-3/h7-8,11,14,17H,4-6,9-10,12H2,1-3H3. The van der Waals surface area contributed by atoms with E-state index in [-0.39, 0.29) is 0 Å². The fourth-order valence-electron chi connectivity index (χ4n) is 2.83. The Hall–Kier alpha value is -1.26. The Morgan fingerprint density at radius 3 is 2.40 bits per heavy atom. The first-order valence-electron chi connectivity index (χ1n) is 7.40. The zero-order valence-electron chi connectivity index (χ0n) is 12.8. The molecular formula is C16H26N2O2. The van der Waals surface area contributed by atoms with Crippen molar-refractivity contribution in [3.63, 3.8) is 0 Å². The van der Waals surface area contributed by atoms with Crippen LogP contribution in [0, 0.1) is 0 Å². The molecule has 1 aliphatic heterocycles. The Morgan fingerprint density at radius 1 is 1.10 bits per heavy atom. The van der Waals surface area contributed by atoms with Gasteiger partial charge >= 0.3 is 0 Å². The average molecular weight is 278 g/mol. The fraction of sp³-hybridized carbons (Fsp3) is 0.625. The number of nitrogens with one attached hydrogen (secondary N) is 1. The molecule has 20 heavy (non-hydrogen) atoms. The molecule has 1 atom stereocenters. The number of rotatable bonds is 6. The van der Waals surface area contributed by atoms with Crippen molar-refractivity contribution >= 4 is 0 Å². The van der Waals surface area contributed by atoms with Gasteiger partial charge in [0.1, 0.15) is 0 Å². The Kier molecular flexibility index (Phi) is 5.68. The van der Waals surface area contributed by atoms with Crippen LogP contribution in [0.3, 0.4) is 0 Å². The molecule has 1 saturated heterocycles. The molecule has 1 heterocycles. The van der Waals surface area contributed by atoms with Crippen molar-refractivity contribution in [3.05, 3.63) is 23.8 Å². The molecule has 1 aliphatic rings.